The van der Waals surface area contributed by atoms with E-state index in [4.69, 9.17) is 9.47 Å². The second kappa shape index (κ2) is 6.93. The summed E-state index contributed by atoms with van der Waals surface area (Å²) >= 11 is 0. The van der Waals surface area contributed by atoms with E-state index in [1.807, 2.05) is 55.5 Å². The first kappa shape index (κ1) is 15.1. The molecule has 1 atom stereocenters. The summed E-state index contributed by atoms with van der Waals surface area (Å²) in [6.07, 6.45) is 0.761. The SMILES string of the molecule is CC[C@@H](C(=O)c1ccc(OC)cc1)c1ccc(OC)cc1. The van der Waals surface area contributed by atoms with Crippen LogP contribution in [-0.2, 0) is 0 Å². The van der Waals surface area contributed by atoms with Crippen LogP contribution in [0.1, 0.15) is 35.2 Å². The molecule has 0 amide bonds. The van der Waals surface area contributed by atoms with Gasteiger partial charge in [0.2, 0.25) is 0 Å². The summed E-state index contributed by atoms with van der Waals surface area (Å²) in [7, 11) is 3.25. The summed E-state index contributed by atoms with van der Waals surface area (Å²) in [5.74, 6) is 1.55. The van der Waals surface area contributed by atoms with E-state index in [0.29, 0.717) is 5.56 Å². The van der Waals surface area contributed by atoms with E-state index in [1.165, 1.54) is 0 Å². The van der Waals surface area contributed by atoms with Crippen LogP contribution in [0.5, 0.6) is 11.5 Å². The lowest BCUT2D eigenvalue weighted by Gasteiger charge is -2.15. The zero-order chi connectivity index (χ0) is 15.2. The molecule has 0 N–H and O–H groups in total. The number of Topliss-reactive ketones (excluding diaryl/α,β-unsaturated/α-hetero) is 1. The van der Waals surface area contributed by atoms with Gasteiger partial charge in [-0.1, -0.05) is 19.1 Å². The highest BCUT2D eigenvalue weighted by atomic mass is 16.5. The van der Waals surface area contributed by atoms with Crippen molar-refractivity contribution in [2.24, 2.45) is 0 Å². The second-order valence-electron chi connectivity index (χ2n) is 4.83. The lowest BCUT2D eigenvalue weighted by Crippen LogP contribution is -2.12. The molecule has 0 saturated heterocycles. The standard InChI is InChI=1S/C18H20O3/c1-4-17(13-5-9-15(20-2)10-6-13)18(19)14-7-11-16(21-3)12-8-14/h5-12,17H,4H2,1-3H3/t17-/m1/s1. The van der Waals surface area contributed by atoms with Gasteiger partial charge in [0.05, 0.1) is 14.2 Å². The number of carbonyl (C=O) groups excluding carboxylic acids is 1. The fourth-order valence-electron chi connectivity index (χ4n) is 2.37. The van der Waals surface area contributed by atoms with E-state index in [2.05, 4.69) is 0 Å². The summed E-state index contributed by atoms with van der Waals surface area (Å²) in [6, 6.07) is 14.9. The van der Waals surface area contributed by atoms with E-state index < -0.39 is 0 Å². The Morgan fingerprint density at radius 1 is 0.905 bits per heavy atom. The van der Waals surface area contributed by atoms with Crippen molar-refractivity contribution in [3.05, 3.63) is 59.7 Å². The minimum atomic E-state index is -0.135. The highest BCUT2D eigenvalue weighted by Crippen LogP contribution is 2.26. The average molecular weight is 284 g/mol. The summed E-state index contributed by atoms with van der Waals surface area (Å²) in [6.45, 7) is 2.02. The number of benzene rings is 2. The van der Waals surface area contributed by atoms with Crippen LogP contribution in [0.15, 0.2) is 48.5 Å². The number of ketones is 1. The third-order valence-electron chi connectivity index (χ3n) is 3.62. The maximum Gasteiger partial charge on any atom is 0.170 e. The Balaban J connectivity index is 2.24. The normalized spacial score (nSPS) is 11.8. The molecule has 3 heteroatoms. The van der Waals surface area contributed by atoms with Gasteiger partial charge in [-0.2, -0.15) is 0 Å². The molecule has 0 radical (unpaired) electrons. The zero-order valence-corrected chi connectivity index (χ0v) is 12.6. The van der Waals surface area contributed by atoms with Crippen LogP contribution in [0, 0.1) is 0 Å². The number of carbonyl (C=O) groups is 1. The van der Waals surface area contributed by atoms with E-state index in [9.17, 15) is 4.79 Å². The zero-order valence-electron chi connectivity index (χ0n) is 12.6. The highest BCUT2D eigenvalue weighted by Gasteiger charge is 2.20. The van der Waals surface area contributed by atoms with Crippen LogP contribution in [-0.4, -0.2) is 20.0 Å². The summed E-state index contributed by atoms with van der Waals surface area (Å²) in [5.41, 5.74) is 1.72. The van der Waals surface area contributed by atoms with Crippen LogP contribution < -0.4 is 9.47 Å². The first-order chi connectivity index (χ1) is 10.2. The maximum absolute atomic E-state index is 12.7. The molecule has 0 heterocycles. The van der Waals surface area contributed by atoms with Gasteiger partial charge in [-0.05, 0) is 48.4 Å². The minimum absolute atomic E-state index is 0.130. The molecule has 110 valence electrons. The minimum Gasteiger partial charge on any atom is -0.497 e. The Morgan fingerprint density at radius 2 is 1.38 bits per heavy atom. The molecule has 0 fully saturated rings. The van der Waals surface area contributed by atoms with Gasteiger partial charge in [0.1, 0.15) is 11.5 Å². The van der Waals surface area contributed by atoms with Crippen molar-refractivity contribution in [3.8, 4) is 11.5 Å². The van der Waals surface area contributed by atoms with Crippen molar-refractivity contribution in [1.29, 1.82) is 0 Å². The molecule has 0 aromatic heterocycles. The lowest BCUT2D eigenvalue weighted by atomic mass is 9.88. The Labute approximate surface area is 125 Å². The fraction of sp³-hybridized carbons (Fsp3) is 0.278. The van der Waals surface area contributed by atoms with Crippen LogP contribution in [0.2, 0.25) is 0 Å². The molecular formula is C18H20O3. The largest absolute Gasteiger partial charge is 0.497 e. The molecule has 0 aliphatic carbocycles. The molecule has 0 aliphatic rings. The molecule has 0 spiro atoms. The molecule has 0 unspecified atom stereocenters. The third kappa shape index (κ3) is 3.43. The van der Waals surface area contributed by atoms with E-state index in [0.717, 1.165) is 23.5 Å². The summed E-state index contributed by atoms with van der Waals surface area (Å²) in [4.78, 5) is 12.7. The van der Waals surface area contributed by atoms with Crippen LogP contribution in [0.3, 0.4) is 0 Å². The number of methoxy groups -OCH3 is 2. The number of rotatable bonds is 6. The summed E-state index contributed by atoms with van der Waals surface area (Å²) in [5, 5.41) is 0. The van der Waals surface area contributed by atoms with Crippen molar-refractivity contribution in [2.45, 2.75) is 19.3 Å². The smallest absolute Gasteiger partial charge is 0.170 e. The fourth-order valence-corrected chi connectivity index (χ4v) is 2.37. The van der Waals surface area contributed by atoms with Gasteiger partial charge in [-0.25, -0.2) is 0 Å². The van der Waals surface area contributed by atoms with Gasteiger partial charge in [0.25, 0.3) is 0 Å². The van der Waals surface area contributed by atoms with Crippen molar-refractivity contribution in [1.82, 2.24) is 0 Å². The number of hydrogen-bond donors (Lipinski definition) is 0. The van der Waals surface area contributed by atoms with Crippen molar-refractivity contribution >= 4 is 5.78 Å². The van der Waals surface area contributed by atoms with Gasteiger partial charge in [-0.3, -0.25) is 4.79 Å². The van der Waals surface area contributed by atoms with E-state index in [-0.39, 0.29) is 11.7 Å². The monoisotopic (exact) mass is 284 g/mol. The third-order valence-corrected chi connectivity index (χ3v) is 3.62. The van der Waals surface area contributed by atoms with Gasteiger partial charge in [0, 0.05) is 11.5 Å². The van der Waals surface area contributed by atoms with Crippen LogP contribution >= 0.6 is 0 Å². The summed E-state index contributed by atoms with van der Waals surface area (Å²) < 4.78 is 10.3. The number of hydrogen-bond acceptors (Lipinski definition) is 3. The molecule has 2 rings (SSSR count). The molecule has 0 aliphatic heterocycles. The first-order valence-electron chi connectivity index (χ1n) is 7.01. The van der Waals surface area contributed by atoms with Crippen molar-refractivity contribution in [2.75, 3.05) is 14.2 Å². The molecule has 0 bridgehead atoms. The van der Waals surface area contributed by atoms with Crippen LogP contribution in [0.4, 0.5) is 0 Å². The molecule has 0 saturated carbocycles. The van der Waals surface area contributed by atoms with Crippen LogP contribution in [0.25, 0.3) is 0 Å². The average Bonchev–Trinajstić information content (AvgIpc) is 2.56. The Hall–Kier alpha value is -2.29. The second-order valence-corrected chi connectivity index (χ2v) is 4.83. The van der Waals surface area contributed by atoms with E-state index in [1.54, 1.807) is 14.2 Å². The molecule has 21 heavy (non-hydrogen) atoms. The Morgan fingerprint density at radius 3 is 1.81 bits per heavy atom. The van der Waals surface area contributed by atoms with Gasteiger partial charge >= 0.3 is 0 Å². The number of ether oxygens (including phenoxy) is 2. The Kier molecular flexibility index (Phi) is 4.99. The Bertz CT molecular complexity index is 585. The molecular weight excluding hydrogens is 264 g/mol. The van der Waals surface area contributed by atoms with E-state index >= 15 is 0 Å². The lowest BCUT2D eigenvalue weighted by molar-refractivity contribution is 0.0957. The van der Waals surface area contributed by atoms with Crippen molar-refractivity contribution in [3.63, 3.8) is 0 Å². The first-order valence-corrected chi connectivity index (χ1v) is 7.01. The maximum atomic E-state index is 12.7. The predicted molar refractivity (Wildman–Crippen MR) is 83.4 cm³/mol. The quantitative estimate of drug-likeness (QED) is 0.750. The van der Waals surface area contributed by atoms with Gasteiger partial charge in [-0.15, -0.1) is 0 Å². The predicted octanol–water partition coefficient (Wildman–Crippen LogP) is 4.08. The molecule has 2 aromatic carbocycles. The molecule has 3 nitrogen and oxygen atoms in total. The molecule has 2 aromatic rings. The van der Waals surface area contributed by atoms with Crippen molar-refractivity contribution < 1.29 is 14.3 Å². The van der Waals surface area contributed by atoms with Gasteiger partial charge < -0.3 is 9.47 Å². The topological polar surface area (TPSA) is 35.5 Å². The van der Waals surface area contributed by atoms with Gasteiger partial charge in [0.15, 0.2) is 5.78 Å². The highest BCUT2D eigenvalue weighted by molar-refractivity contribution is 6.01.